The summed E-state index contributed by atoms with van der Waals surface area (Å²) in [7, 11) is -2.90. The number of nitrogens with one attached hydrogen (secondary N) is 3. The maximum Gasteiger partial charge on any atom is 0.408 e. The molecule has 54 heavy (non-hydrogen) atoms. The monoisotopic (exact) mass is 776 g/mol. The van der Waals surface area contributed by atoms with Gasteiger partial charge in [-0.2, -0.15) is 0 Å². The zero-order valence-corrected chi connectivity index (χ0v) is 32.8. The van der Waals surface area contributed by atoms with Gasteiger partial charge in [-0.25, -0.2) is 14.8 Å². The number of aromatic nitrogens is 2. The van der Waals surface area contributed by atoms with E-state index in [0.29, 0.717) is 35.5 Å². The van der Waals surface area contributed by atoms with Crippen LogP contribution >= 0.6 is 18.6 Å². The molecule has 4 fully saturated rings. The standard InChI is InChI=1S/C39H49N6O7PS/c1-5-24-22-39(24,36(48)44-53(50)18-10-11-19-53)43-33(46)29-21-26(51-34-31(30-17-12-20-54-30)40-27-15-8-9-16-28(27)41-34)23-45(29)35(47)32(38(2,3)4)42-37(49)52-25-13-6-7-14-25/h5,8-9,12,15-17,20,24-26,29,32H,1,6-7,10-11,13-14,18-19,21-23H2,2-4H3,(H,42,49)(H,43,46)(H,44,48,50)/t24?,26-,29+,32-,39-/m1/s1. The van der Waals surface area contributed by atoms with Gasteiger partial charge in [0.25, 0.3) is 5.91 Å². The van der Waals surface area contributed by atoms with E-state index in [1.54, 1.807) is 6.08 Å². The number of fused-ring (bicyclic) bond motifs is 1. The van der Waals surface area contributed by atoms with Crippen molar-refractivity contribution < 1.29 is 33.2 Å². The van der Waals surface area contributed by atoms with E-state index >= 15 is 0 Å². The molecule has 1 unspecified atom stereocenters. The first kappa shape index (κ1) is 38.0. The van der Waals surface area contributed by atoms with Crippen molar-refractivity contribution in [2.75, 3.05) is 18.9 Å². The number of alkyl carbamates (subject to hydrolysis) is 1. The third kappa shape index (κ3) is 7.91. The number of carbonyl (C=O) groups is 4. The molecule has 15 heteroatoms. The molecule has 7 rings (SSSR count). The molecule has 0 radical (unpaired) electrons. The van der Waals surface area contributed by atoms with Crippen molar-refractivity contribution in [2.45, 2.75) is 102 Å². The second kappa shape index (κ2) is 15.1. The zero-order valence-electron chi connectivity index (χ0n) is 31.0. The van der Waals surface area contributed by atoms with Gasteiger partial charge in [-0.3, -0.25) is 14.4 Å². The summed E-state index contributed by atoms with van der Waals surface area (Å²) >= 11 is 1.49. The maximum absolute atomic E-state index is 14.7. The molecule has 5 atom stereocenters. The lowest BCUT2D eigenvalue weighted by atomic mass is 9.85. The first-order chi connectivity index (χ1) is 25.8. The second-order valence-corrected chi connectivity index (χ2v) is 19.9. The Morgan fingerprint density at radius 2 is 1.72 bits per heavy atom. The van der Waals surface area contributed by atoms with Crippen LogP contribution in [-0.2, 0) is 23.7 Å². The van der Waals surface area contributed by atoms with Gasteiger partial charge < -0.3 is 34.7 Å². The summed E-state index contributed by atoms with van der Waals surface area (Å²) in [5.41, 5.74) is -0.232. The summed E-state index contributed by atoms with van der Waals surface area (Å²) in [5, 5.41) is 10.5. The van der Waals surface area contributed by atoms with Crippen LogP contribution in [0.2, 0.25) is 0 Å². The van der Waals surface area contributed by atoms with E-state index in [4.69, 9.17) is 19.4 Å². The lowest BCUT2D eigenvalue weighted by Crippen LogP contribution is -2.60. The van der Waals surface area contributed by atoms with Gasteiger partial charge in [-0.15, -0.1) is 17.9 Å². The van der Waals surface area contributed by atoms with E-state index in [1.807, 2.05) is 62.5 Å². The summed E-state index contributed by atoms with van der Waals surface area (Å²) in [6.45, 7) is 9.39. The first-order valence-electron chi connectivity index (χ1n) is 18.9. The van der Waals surface area contributed by atoms with Crippen molar-refractivity contribution in [2.24, 2.45) is 11.3 Å². The van der Waals surface area contributed by atoms with E-state index in [2.05, 4.69) is 22.3 Å². The molecule has 2 saturated heterocycles. The Hall–Kier alpha value is -4.29. The van der Waals surface area contributed by atoms with Crippen LogP contribution in [0.4, 0.5) is 4.79 Å². The highest BCUT2D eigenvalue weighted by Crippen LogP contribution is 2.52. The lowest BCUT2D eigenvalue weighted by molar-refractivity contribution is -0.143. The quantitative estimate of drug-likeness (QED) is 0.155. The van der Waals surface area contributed by atoms with Crippen LogP contribution in [0.25, 0.3) is 21.6 Å². The second-order valence-electron chi connectivity index (χ2n) is 16.1. The first-order valence-corrected chi connectivity index (χ1v) is 21.8. The van der Waals surface area contributed by atoms with Crippen LogP contribution in [0, 0.1) is 11.3 Å². The summed E-state index contributed by atoms with van der Waals surface area (Å²) < 4.78 is 25.6. The lowest BCUT2D eigenvalue weighted by Gasteiger charge is -2.35. The highest BCUT2D eigenvalue weighted by atomic mass is 32.1. The van der Waals surface area contributed by atoms with Crippen molar-refractivity contribution >= 4 is 53.5 Å². The fraction of sp³-hybridized carbons (Fsp3) is 0.538. The molecule has 4 aliphatic rings. The Balaban J connectivity index is 1.18. The zero-order chi connectivity index (χ0) is 38.3. The molecular formula is C39H49N6O7PS. The molecule has 3 N–H and O–H groups in total. The third-order valence-corrected chi connectivity index (χ3v) is 14.6. The third-order valence-electron chi connectivity index (χ3n) is 11.0. The number of rotatable bonds is 11. The molecule has 288 valence electrons. The number of nitrogens with zero attached hydrogens (tertiary/aromatic N) is 3. The minimum atomic E-state index is -2.90. The van der Waals surface area contributed by atoms with Crippen molar-refractivity contribution in [3.63, 3.8) is 0 Å². The molecule has 2 aliphatic carbocycles. The number of ether oxygens (including phenoxy) is 2. The van der Waals surface area contributed by atoms with Crippen molar-refractivity contribution in [3.05, 3.63) is 54.4 Å². The Kier molecular flexibility index (Phi) is 10.6. The SMILES string of the molecule is C=CC1C[C@]1(NC(=O)[C@@H]1C[C@@H](Oc2nc3ccccc3nc2-c2cccs2)CN1C(=O)[C@@H](NC(=O)OC1CCCC1)C(C)(C)C)C(=O)NP1(=O)CCCC1. The summed E-state index contributed by atoms with van der Waals surface area (Å²) in [4.78, 5) is 68.0. The number of amides is 4. The topological polar surface area (TPSA) is 169 Å². The molecular weight excluding hydrogens is 728 g/mol. The molecule has 4 heterocycles. The molecule has 0 bridgehead atoms. The highest BCUT2D eigenvalue weighted by Gasteiger charge is 2.61. The maximum atomic E-state index is 14.7. The number of hydrogen-bond acceptors (Lipinski definition) is 10. The molecule has 3 aromatic rings. The van der Waals surface area contributed by atoms with Crippen LogP contribution in [0.3, 0.4) is 0 Å². The van der Waals surface area contributed by atoms with Gasteiger partial charge in [-0.05, 0) is 73.9 Å². The van der Waals surface area contributed by atoms with Crippen LogP contribution in [-0.4, -0.2) is 87.4 Å². The average Bonchev–Trinajstić information content (AvgIpc) is 3.77. The fourth-order valence-electron chi connectivity index (χ4n) is 7.88. The summed E-state index contributed by atoms with van der Waals surface area (Å²) in [5.74, 6) is -1.63. The Morgan fingerprint density at radius 1 is 1.02 bits per heavy atom. The van der Waals surface area contributed by atoms with Gasteiger partial charge in [0, 0.05) is 24.7 Å². The molecule has 2 aliphatic heterocycles. The predicted molar refractivity (Wildman–Crippen MR) is 206 cm³/mol. The Bertz CT molecular complexity index is 1970. The van der Waals surface area contributed by atoms with Gasteiger partial charge in [0.2, 0.25) is 17.7 Å². The molecule has 1 aromatic carbocycles. The van der Waals surface area contributed by atoms with E-state index in [1.165, 1.54) is 16.2 Å². The Morgan fingerprint density at radius 3 is 2.35 bits per heavy atom. The van der Waals surface area contributed by atoms with Gasteiger partial charge >= 0.3 is 6.09 Å². The van der Waals surface area contributed by atoms with E-state index in [0.717, 1.165) is 43.4 Å². The number of likely N-dealkylation sites (tertiary alicyclic amines) is 1. The number of benzene rings is 1. The van der Waals surface area contributed by atoms with Crippen molar-refractivity contribution in [3.8, 4) is 16.5 Å². The summed E-state index contributed by atoms with van der Waals surface area (Å²) in [6, 6.07) is 9.19. The number of para-hydroxylation sites is 2. The number of carbonyl (C=O) groups excluding carboxylic acids is 4. The minimum Gasteiger partial charge on any atom is -0.471 e. The van der Waals surface area contributed by atoms with Crippen LogP contribution in [0.5, 0.6) is 5.88 Å². The van der Waals surface area contributed by atoms with E-state index in [9.17, 15) is 23.7 Å². The highest BCUT2D eigenvalue weighted by molar-refractivity contribution is 7.62. The predicted octanol–water partition coefficient (Wildman–Crippen LogP) is 6.04. The van der Waals surface area contributed by atoms with Crippen LogP contribution in [0.15, 0.2) is 54.4 Å². The van der Waals surface area contributed by atoms with E-state index < -0.39 is 60.2 Å². The smallest absolute Gasteiger partial charge is 0.408 e. The molecule has 2 saturated carbocycles. The molecule has 13 nitrogen and oxygen atoms in total. The Labute approximate surface area is 319 Å². The fourth-order valence-corrected chi connectivity index (χ4v) is 11.1. The van der Waals surface area contributed by atoms with Crippen LogP contribution < -0.4 is 20.5 Å². The summed E-state index contributed by atoms with van der Waals surface area (Å²) in [6.07, 6.45) is 6.32. The molecule has 2 aromatic heterocycles. The van der Waals surface area contributed by atoms with Crippen molar-refractivity contribution in [1.82, 2.24) is 30.6 Å². The van der Waals surface area contributed by atoms with Gasteiger partial charge in [0.05, 0.1) is 22.5 Å². The minimum absolute atomic E-state index is 0.000521. The molecule has 4 amide bonds. The van der Waals surface area contributed by atoms with Gasteiger partial charge in [0.1, 0.15) is 35.5 Å². The average molecular weight is 777 g/mol. The van der Waals surface area contributed by atoms with Gasteiger partial charge in [0.15, 0.2) is 7.29 Å². The van der Waals surface area contributed by atoms with Crippen molar-refractivity contribution in [1.29, 1.82) is 0 Å². The molecule has 0 spiro atoms. The largest absolute Gasteiger partial charge is 0.471 e. The van der Waals surface area contributed by atoms with Crippen LogP contribution in [0.1, 0.15) is 72.1 Å². The van der Waals surface area contributed by atoms with E-state index in [-0.39, 0.29) is 30.9 Å². The number of thiophene rings is 1. The number of hydrogen-bond donors (Lipinski definition) is 3. The normalized spacial score (nSPS) is 25.5. The van der Waals surface area contributed by atoms with Gasteiger partial charge in [-0.1, -0.05) is 45.0 Å².